The molecule has 0 radical (unpaired) electrons. The number of ether oxygens (including phenoxy) is 1. The number of aryl methyl sites for hydroxylation is 2. The summed E-state index contributed by atoms with van der Waals surface area (Å²) in [5.41, 5.74) is 6.80. The van der Waals surface area contributed by atoms with Crippen LogP contribution in [0, 0.1) is 6.92 Å². The summed E-state index contributed by atoms with van der Waals surface area (Å²) >= 11 is 1.27. The second-order valence-electron chi connectivity index (χ2n) is 5.46. The molecule has 0 bridgehead atoms. The summed E-state index contributed by atoms with van der Waals surface area (Å²) in [6.07, 6.45) is 0.635. The third kappa shape index (κ3) is 5.21. The molecule has 0 aliphatic rings. The average Bonchev–Trinajstić information content (AvgIpc) is 2.91. The van der Waals surface area contributed by atoms with Gasteiger partial charge in [0.05, 0.1) is 18.6 Å². The summed E-state index contributed by atoms with van der Waals surface area (Å²) in [6.45, 7) is 1.94. The van der Waals surface area contributed by atoms with Gasteiger partial charge in [0.25, 0.3) is 0 Å². The Labute approximate surface area is 150 Å². The zero-order chi connectivity index (χ0) is 18.4. The molecule has 134 valence electrons. The highest BCUT2D eigenvalue weighted by Gasteiger charge is 2.13. The zero-order valence-electron chi connectivity index (χ0n) is 14.4. The molecule has 1 aromatic carbocycles. The monoisotopic (exact) mass is 363 g/mol. The molecule has 9 heteroatoms. The number of nitrogens with zero attached hydrogens (tertiary/aromatic N) is 3. The molecule has 0 saturated heterocycles. The third-order valence-corrected chi connectivity index (χ3v) is 4.50. The smallest absolute Gasteiger partial charge is 0.234 e. The Kier molecular flexibility index (Phi) is 6.40. The molecule has 0 saturated carbocycles. The second-order valence-corrected chi connectivity index (χ2v) is 6.41. The number of rotatable bonds is 8. The van der Waals surface area contributed by atoms with Gasteiger partial charge in [-0.3, -0.25) is 9.59 Å². The molecule has 8 nitrogen and oxygen atoms in total. The maximum Gasteiger partial charge on any atom is 0.234 e. The summed E-state index contributed by atoms with van der Waals surface area (Å²) in [5.74, 6) is 0.886. The quantitative estimate of drug-likeness (QED) is 0.683. The van der Waals surface area contributed by atoms with Crippen LogP contribution in [0.2, 0.25) is 0 Å². The van der Waals surface area contributed by atoms with E-state index in [-0.39, 0.29) is 24.0 Å². The van der Waals surface area contributed by atoms with Crippen LogP contribution in [0.25, 0.3) is 0 Å². The number of thioether (sulfide) groups is 1. The molecule has 2 aromatic rings. The molecule has 2 rings (SSSR count). The van der Waals surface area contributed by atoms with Crippen LogP contribution < -0.4 is 15.8 Å². The summed E-state index contributed by atoms with van der Waals surface area (Å²) in [6, 6.07) is 5.58. The normalized spacial score (nSPS) is 10.5. The van der Waals surface area contributed by atoms with Crippen molar-refractivity contribution in [2.75, 3.05) is 18.2 Å². The van der Waals surface area contributed by atoms with Gasteiger partial charge in [0.1, 0.15) is 11.6 Å². The second kappa shape index (κ2) is 8.52. The van der Waals surface area contributed by atoms with Crippen LogP contribution in [0.5, 0.6) is 5.75 Å². The van der Waals surface area contributed by atoms with E-state index in [2.05, 4.69) is 15.5 Å². The number of primary amides is 1. The van der Waals surface area contributed by atoms with E-state index >= 15 is 0 Å². The highest BCUT2D eigenvalue weighted by atomic mass is 32.2. The number of carbonyl (C=O) groups excluding carboxylic acids is 2. The Balaban J connectivity index is 1.94. The number of benzene rings is 1. The van der Waals surface area contributed by atoms with Gasteiger partial charge in [-0.05, 0) is 24.6 Å². The van der Waals surface area contributed by atoms with E-state index in [0.29, 0.717) is 28.8 Å². The first-order valence-corrected chi connectivity index (χ1v) is 8.63. The van der Waals surface area contributed by atoms with Crippen molar-refractivity contribution in [2.45, 2.75) is 24.9 Å². The fourth-order valence-electron chi connectivity index (χ4n) is 2.16. The Morgan fingerprint density at radius 2 is 2.12 bits per heavy atom. The van der Waals surface area contributed by atoms with Crippen molar-refractivity contribution < 1.29 is 14.3 Å². The van der Waals surface area contributed by atoms with Gasteiger partial charge in [-0.25, -0.2) is 0 Å². The van der Waals surface area contributed by atoms with Crippen LogP contribution in [0.1, 0.15) is 17.8 Å². The molecular formula is C16H21N5O3S. The number of carbonyl (C=O) groups is 2. The molecule has 1 heterocycles. The van der Waals surface area contributed by atoms with Crippen molar-refractivity contribution in [1.29, 1.82) is 0 Å². The molecule has 0 atom stereocenters. The van der Waals surface area contributed by atoms with E-state index < -0.39 is 0 Å². The molecule has 0 spiro atoms. The molecule has 0 aliphatic heterocycles. The Hall–Kier alpha value is -2.55. The van der Waals surface area contributed by atoms with Crippen LogP contribution >= 0.6 is 11.8 Å². The van der Waals surface area contributed by atoms with Crippen molar-refractivity contribution in [2.24, 2.45) is 12.8 Å². The topological polar surface area (TPSA) is 112 Å². The maximum atomic E-state index is 12.2. The first-order chi connectivity index (χ1) is 11.9. The van der Waals surface area contributed by atoms with Gasteiger partial charge in [-0.1, -0.05) is 17.8 Å². The number of hydrogen-bond acceptors (Lipinski definition) is 6. The summed E-state index contributed by atoms with van der Waals surface area (Å²) < 4.78 is 7.00. The standard InChI is InChI=1S/C16H21N5O3S/c1-10-4-5-12(24-3)11(8-10)18-15(23)9-25-16-20-19-14(21(16)2)7-6-13(17)22/h4-5,8H,6-7,9H2,1-3H3,(H2,17,22)(H,18,23). The molecule has 0 unspecified atom stereocenters. The minimum Gasteiger partial charge on any atom is -0.495 e. The van der Waals surface area contributed by atoms with Gasteiger partial charge in [0.2, 0.25) is 11.8 Å². The number of nitrogens with one attached hydrogen (secondary N) is 1. The zero-order valence-corrected chi connectivity index (χ0v) is 15.2. The van der Waals surface area contributed by atoms with Gasteiger partial charge in [-0.2, -0.15) is 0 Å². The van der Waals surface area contributed by atoms with E-state index in [1.165, 1.54) is 11.8 Å². The van der Waals surface area contributed by atoms with Gasteiger partial charge in [0.15, 0.2) is 5.16 Å². The highest BCUT2D eigenvalue weighted by Crippen LogP contribution is 2.25. The predicted molar refractivity (Wildman–Crippen MR) is 95.6 cm³/mol. The van der Waals surface area contributed by atoms with Gasteiger partial charge in [0, 0.05) is 19.9 Å². The van der Waals surface area contributed by atoms with Crippen molar-refractivity contribution in [3.05, 3.63) is 29.6 Å². The highest BCUT2D eigenvalue weighted by molar-refractivity contribution is 7.99. The molecule has 3 N–H and O–H groups in total. The lowest BCUT2D eigenvalue weighted by atomic mass is 10.2. The maximum absolute atomic E-state index is 12.2. The van der Waals surface area contributed by atoms with Crippen LogP contribution in [0.15, 0.2) is 23.4 Å². The minimum atomic E-state index is -0.385. The molecule has 0 aliphatic carbocycles. The third-order valence-electron chi connectivity index (χ3n) is 3.48. The number of amides is 2. The van der Waals surface area contributed by atoms with Crippen LogP contribution in [-0.4, -0.2) is 39.4 Å². The Bertz CT molecular complexity index is 775. The molecule has 1 aromatic heterocycles. The average molecular weight is 363 g/mol. The van der Waals surface area contributed by atoms with Crippen LogP contribution in [0.4, 0.5) is 5.69 Å². The van der Waals surface area contributed by atoms with E-state index in [1.807, 2.05) is 25.1 Å². The Morgan fingerprint density at radius 1 is 1.36 bits per heavy atom. The predicted octanol–water partition coefficient (Wildman–Crippen LogP) is 1.28. The number of aromatic nitrogens is 3. The summed E-state index contributed by atoms with van der Waals surface area (Å²) in [5, 5.41) is 11.5. The number of hydrogen-bond donors (Lipinski definition) is 2. The largest absolute Gasteiger partial charge is 0.495 e. The number of anilines is 1. The molecule has 2 amide bonds. The van der Waals surface area contributed by atoms with Gasteiger partial charge < -0.3 is 20.4 Å². The van der Waals surface area contributed by atoms with E-state index in [1.54, 1.807) is 18.7 Å². The van der Waals surface area contributed by atoms with Crippen LogP contribution in [-0.2, 0) is 23.1 Å². The molecular weight excluding hydrogens is 342 g/mol. The van der Waals surface area contributed by atoms with Gasteiger partial charge in [-0.15, -0.1) is 10.2 Å². The van der Waals surface area contributed by atoms with E-state index in [0.717, 1.165) is 5.56 Å². The number of nitrogens with two attached hydrogens (primary N) is 1. The number of methoxy groups -OCH3 is 1. The fraction of sp³-hybridized carbons (Fsp3) is 0.375. The lowest BCUT2D eigenvalue weighted by Crippen LogP contribution is -2.15. The van der Waals surface area contributed by atoms with Gasteiger partial charge >= 0.3 is 0 Å². The fourth-order valence-corrected chi connectivity index (χ4v) is 2.89. The first kappa shape index (κ1) is 18.8. The van der Waals surface area contributed by atoms with Crippen molar-refractivity contribution >= 4 is 29.3 Å². The van der Waals surface area contributed by atoms with Crippen molar-refractivity contribution in [1.82, 2.24) is 14.8 Å². The Morgan fingerprint density at radius 3 is 2.80 bits per heavy atom. The van der Waals surface area contributed by atoms with Crippen molar-refractivity contribution in [3.63, 3.8) is 0 Å². The minimum absolute atomic E-state index is 0.171. The molecule has 25 heavy (non-hydrogen) atoms. The van der Waals surface area contributed by atoms with E-state index in [9.17, 15) is 9.59 Å². The van der Waals surface area contributed by atoms with E-state index in [4.69, 9.17) is 10.5 Å². The summed E-state index contributed by atoms with van der Waals surface area (Å²) in [4.78, 5) is 23.0. The van der Waals surface area contributed by atoms with Crippen molar-refractivity contribution in [3.8, 4) is 5.75 Å². The van der Waals surface area contributed by atoms with Crippen LogP contribution in [0.3, 0.4) is 0 Å². The lowest BCUT2D eigenvalue weighted by Gasteiger charge is -2.10. The molecule has 0 fully saturated rings. The lowest BCUT2D eigenvalue weighted by molar-refractivity contribution is -0.118. The summed E-state index contributed by atoms with van der Waals surface area (Å²) in [7, 11) is 3.35. The first-order valence-electron chi connectivity index (χ1n) is 7.64. The SMILES string of the molecule is COc1ccc(C)cc1NC(=O)CSc1nnc(CCC(N)=O)n1C.